The molecule has 1 aliphatic carbocycles. The number of hydrogen-bond donors (Lipinski definition) is 0. The number of rotatable bonds is 4. The fourth-order valence-corrected chi connectivity index (χ4v) is 7.20. The molecule has 6 aromatic carbocycles. The summed E-state index contributed by atoms with van der Waals surface area (Å²) in [6, 6.07) is 48.3. The highest BCUT2D eigenvalue weighted by Gasteiger charge is 2.37. The zero-order valence-electron chi connectivity index (χ0n) is 25.5. The smallest absolute Gasteiger partial charge is 0.164 e. The minimum absolute atomic E-state index is 0.117. The summed E-state index contributed by atoms with van der Waals surface area (Å²) in [6.07, 6.45) is 0. The first-order valence-electron chi connectivity index (χ1n) is 15.6. The van der Waals surface area contributed by atoms with Crippen LogP contribution in [0.1, 0.15) is 25.0 Å². The first-order chi connectivity index (χ1) is 22.6. The van der Waals surface area contributed by atoms with Gasteiger partial charge >= 0.3 is 0 Å². The van der Waals surface area contributed by atoms with Crippen LogP contribution in [0.3, 0.4) is 0 Å². The highest BCUT2D eigenvalue weighted by atomic mass is 16.3. The predicted octanol–water partition coefficient (Wildman–Crippen LogP) is 10.7. The van der Waals surface area contributed by atoms with Gasteiger partial charge in [0.2, 0.25) is 0 Å². The lowest BCUT2D eigenvalue weighted by atomic mass is 9.79. The van der Waals surface area contributed by atoms with Crippen LogP contribution in [0.5, 0.6) is 0 Å². The standard InChI is InChI=1S/C42H29N3O/c1-42(2)34-21-10-9-17-30(34)31-19-11-18-29(38(31)42)28-23-24-35-33(25-28)37-32(20-12-22-36(37)46-35)41-44-39(26-13-5-3-6-14-26)43-40(45-41)27-15-7-4-8-16-27/h3-25H,1-2H3. The van der Waals surface area contributed by atoms with E-state index >= 15 is 0 Å². The van der Waals surface area contributed by atoms with E-state index in [1.54, 1.807) is 0 Å². The summed E-state index contributed by atoms with van der Waals surface area (Å²) in [5.41, 5.74) is 12.1. The Morgan fingerprint density at radius 1 is 0.457 bits per heavy atom. The first kappa shape index (κ1) is 26.5. The highest BCUT2D eigenvalue weighted by molar-refractivity contribution is 6.13. The highest BCUT2D eigenvalue weighted by Crippen LogP contribution is 2.52. The van der Waals surface area contributed by atoms with Gasteiger partial charge in [-0.05, 0) is 51.6 Å². The van der Waals surface area contributed by atoms with Crippen molar-refractivity contribution < 1.29 is 4.42 Å². The Bertz CT molecular complexity index is 2380. The predicted molar refractivity (Wildman–Crippen MR) is 186 cm³/mol. The summed E-state index contributed by atoms with van der Waals surface area (Å²) in [4.78, 5) is 15.0. The molecule has 0 radical (unpaired) electrons. The van der Waals surface area contributed by atoms with Crippen LogP contribution in [0.2, 0.25) is 0 Å². The van der Waals surface area contributed by atoms with Crippen LogP contribution in [0.15, 0.2) is 144 Å². The number of hydrogen-bond acceptors (Lipinski definition) is 4. The molecular formula is C42H29N3O. The van der Waals surface area contributed by atoms with Gasteiger partial charge in [0.1, 0.15) is 11.2 Å². The van der Waals surface area contributed by atoms with E-state index in [1.165, 1.54) is 27.8 Å². The van der Waals surface area contributed by atoms with Gasteiger partial charge in [0.05, 0.1) is 0 Å². The molecule has 0 fully saturated rings. The Labute approximate surface area is 267 Å². The van der Waals surface area contributed by atoms with Crippen LogP contribution >= 0.6 is 0 Å². The summed E-state index contributed by atoms with van der Waals surface area (Å²) in [5, 5.41) is 2.04. The Balaban J connectivity index is 1.27. The normalized spacial score (nSPS) is 13.2. The van der Waals surface area contributed by atoms with Crippen molar-refractivity contribution in [2.24, 2.45) is 0 Å². The molecule has 8 aromatic rings. The van der Waals surface area contributed by atoms with Gasteiger partial charge in [0.15, 0.2) is 17.5 Å². The van der Waals surface area contributed by atoms with E-state index in [1.807, 2.05) is 72.8 Å². The van der Waals surface area contributed by atoms with E-state index in [0.29, 0.717) is 17.5 Å². The van der Waals surface area contributed by atoms with Crippen molar-refractivity contribution in [2.45, 2.75) is 19.3 Å². The Kier molecular flexibility index (Phi) is 5.81. The molecule has 1 aliphatic rings. The van der Waals surface area contributed by atoms with Gasteiger partial charge in [0, 0.05) is 32.9 Å². The van der Waals surface area contributed by atoms with Gasteiger partial charge in [-0.3, -0.25) is 0 Å². The van der Waals surface area contributed by atoms with E-state index in [0.717, 1.165) is 44.2 Å². The second-order valence-corrected chi connectivity index (χ2v) is 12.4. The SMILES string of the molecule is CC1(C)c2ccccc2-c2cccc(-c3ccc4oc5cccc(-c6nc(-c7ccccc7)nc(-c7ccccc7)n6)c5c4c3)c21. The van der Waals surface area contributed by atoms with Crippen LogP contribution < -0.4 is 0 Å². The van der Waals surface area contributed by atoms with E-state index in [9.17, 15) is 0 Å². The average Bonchev–Trinajstić information content (AvgIpc) is 3.61. The van der Waals surface area contributed by atoms with Gasteiger partial charge < -0.3 is 4.42 Å². The minimum atomic E-state index is -0.117. The largest absolute Gasteiger partial charge is 0.456 e. The summed E-state index contributed by atoms with van der Waals surface area (Å²) in [7, 11) is 0. The summed E-state index contributed by atoms with van der Waals surface area (Å²) < 4.78 is 6.45. The van der Waals surface area contributed by atoms with E-state index in [-0.39, 0.29) is 5.41 Å². The third-order valence-corrected chi connectivity index (χ3v) is 9.33. The van der Waals surface area contributed by atoms with Gasteiger partial charge in [0.25, 0.3) is 0 Å². The minimum Gasteiger partial charge on any atom is -0.456 e. The lowest BCUT2D eigenvalue weighted by Crippen LogP contribution is -2.16. The molecule has 0 atom stereocenters. The molecule has 0 saturated carbocycles. The fourth-order valence-electron chi connectivity index (χ4n) is 7.20. The molecule has 0 bridgehead atoms. The zero-order valence-corrected chi connectivity index (χ0v) is 25.5. The van der Waals surface area contributed by atoms with Crippen molar-refractivity contribution in [2.75, 3.05) is 0 Å². The molecule has 46 heavy (non-hydrogen) atoms. The maximum atomic E-state index is 6.45. The van der Waals surface area contributed by atoms with Crippen molar-refractivity contribution >= 4 is 21.9 Å². The molecule has 2 aromatic heterocycles. The fraction of sp³-hybridized carbons (Fsp3) is 0.0714. The summed E-state index contributed by atoms with van der Waals surface area (Å²) in [6.45, 7) is 4.67. The maximum absolute atomic E-state index is 6.45. The van der Waals surface area contributed by atoms with Crippen molar-refractivity contribution in [3.63, 3.8) is 0 Å². The van der Waals surface area contributed by atoms with Gasteiger partial charge in [-0.25, -0.2) is 15.0 Å². The lowest BCUT2D eigenvalue weighted by Gasteiger charge is -2.24. The molecule has 218 valence electrons. The van der Waals surface area contributed by atoms with Crippen LogP contribution in [-0.4, -0.2) is 15.0 Å². The molecular weight excluding hydrogens is 562 g/mol. The first-order valence-corrected chi connectivity index (χ1v) is 15.6. The summed E-state index contributed by atoms with van der Waals surface area (Å²) in [5.74, 6) is 1.89. The second-order valence-electron chi connectivity index (χ2n) is 12.4. The molecule has 0 saturated heterocycles. The van der Waals surface area contributed by atoms with E-state index < -0.39 is 0 Å². The number of furan rings is 1. The summed E-state index contributed by atoms with van der Waals surface area (Å²) >= 11 is 0. The van der Waals surface area contributed by atoms with Crippen LogP contribution in [0.25, 0.3) is 78.4 Å². The maximum Gasteiger partial charge on any atom is 0.164 e. The van der Waals surface area contributed by atoms with Gasteiger partial charge in [-0.1, -0.05) is 135 Å². The van der Waals surface area contributed by atoms with Gasteiger partial charge in [-0.2, -0.15) is 0 Å². The Hall–Kier alpha value is -5.87. The molecule has 4 nitrogen and oxygen atoms in total. The molecule has 0 unspecified atom stereocenters. The third kappa shape index (κ3) is 4.04. The topological polar surface area (TPSA) is 51.8 Å². The molecule has 0 amide bonds. The van der Waals surface area contributed by atoms with E-state index in [4.69, 9.17) is 19.4 Å². The number of nitrogens with zero attached hydrogens (tertiary/aromatic N) is 3. The lowest BCUT2D eigenvalue weighted by molar-refractivity contribution is 0.662. The number of fused-ring (bicyclic) bond motifs is 6. The second kappa shape index (κ2) is 10.1. The number of benzene rings is 6. The molecule has 2 heterocycles. The van der Waals surface area contributed by atoms with Crippen molar-refractivity contribution in [3.8, 4) is 56.4 Å². The van der Waals surface area contributed by atoms with Crippen molar-refractivity contribution in [1.29, 1.82) is 0 Å². The van der Waals surface area contributed by atoms with Crippen molar-refractivity contribution in [1.82, 2.24) is 15.0 Å². The third-order valence-electron chi connectivity index (χ3n) is 9.33. The van der Waals surface area contributed by atoms with Gasteiger partial charge in [-0.15, -0.1) is 0 Å². The van der Waals surface area contributed by atoms with Crippen LogP contribution in [0, 0.1) is 0 Å². The zero-order chi connectivity index (χ0) is 30.8. The molecule has 9 rings (SSSR count). The number of aromatic nitrogens is 3. The monoisotopic (exact) mass is 591 g/mol. The molecule has 0 spiro atoms. The van der Waals surface area contributed by atoms with Crippen molar-refractivity contribution in [3.05, 3.63) is 151 Å². The Morgan fingerprint density at radius 2 is 1.04 bits per heavy atom. The quantitative estimate of drug-likeness (QED) is 0.204. The average molecular weight is 592 g/mol. The molecule has 0 aliphatic heterocycles. The van der Waals surface area contributed by atoms with Crippen LogP contribution in [-0.2, 0) is 5.41 Å². The van der Waals surface area contributed by atoms with E-state index in [2.05, 4.69) is 80.6 Å². The molecule has 0 N–H and O–H groups in total. The van der Waals surface area contributed by atoms with Crippen LogP contribution in [0.4, 0.5) is 0 Å². The molecule has 4 heteroatoms. The Morgan fingerprint density at radius 3 is 1.78 bits per heavy atom.